The molecule has 0 amide bonds. The van der Waals surface area contributed by atoms with Crippen molar-refractivity contribution < 1.29 is 8.78 Å². The van der Waals surface area contributed by atoms with E-state index in [0.29, 0.717) is 11.4 Å². The Morgan fingerprint density at radius 2 is 1.85 bits per heavy atom. The molecule has 0 saturated carbocycles. The van der Waals surface area contributed by atoms with Crippen molar-refractivity contribution in [3.05, 3.63) is 60.3 Å². The predicted octanol–water partition coefficient (Wildman–Crippen LogP) is 3.84. The molecule has 2 aromatic carbocycles. The van der Waals surface area contributed by atoms with Crippen LogP contribution < -0.4 is 11.1 Å². The Morgan fingerprint density at radius 3 is 2.70 bits per heavy atom. The second kappa shape index (κ2) is 4.77. The smallest absolute Gasteiger partial charge is 0.146 e. The molecule has 0 aliphatic carbocycles. The van der Waals surface area contributed by atoms with Gasteiger partial charge in [-0.3, -0.25) is 4.98 Å². The van der Waals surface area contributed by atoms with Gasteiger partial charge in [-0.2, -0.15) is 0 Å². The van der Waals surface area contributed by atoms with Crippen molar-refractivity contribution in [2.75, 3.05) is 11.1 Å². The second-order valence-electron chi connectivity index (χ2n) is 4.35. The number of anilines is 3. The van der Waals surface area contributed by atoms with Gasteiger partial charge < -0.3 is 11.1 Å². The number of nitrogen functional groups attached to an aromatic ring is 1. The van der Waals surface area contributed by atoms with Crippen molar-refractivity contribution in [3.63, 3.8) is 0 Å². The second-order valence-corrected chi connectivity index (χ2v) is 4.35. The van der Waals surface area contributed by atoms with Gasteiger partial charge in [-0.15, -0.1) is 0 Å². The fraction of sp³-hybridized carbons (Fsp3) is 0. The molecule has 3 rings (SSSR count). The van der Waals surface area contributed by atoms with Gasteiger partial charge in [-0.25, -0.2) is 8.78 Å². The third kappa shape index (κ3) is 2.14. The van der Waals surface area contributed by atoms with Crippen LogP contribution in [0.4, 0.5) is 25.8 Å². The van der Waals surface area contributed by atoms with Gasteiger partial charge in [0.1, 0.15) is 11.6 Å². The highest BCUT2D eigenvalue weighted by Crippen LogP contribution is 2.30. The number of fused-ring (bicyclic) bond motifs is 1. The molecule has 0 atom stereocenters. The van der Waals surface area contributed by atoms with E-state index in [2.05, 4.69) is 10.3 Å². The summed E-state index contributed by atoms with van der Waals surface area (Å²) in [6.45, 7) is 0. The van der Waals surface area contributed by atoms with Crippen molar-refractivity contribution in [1.29, 1.82) is 0 Å². The maximum Gasteiger partial charge on any atom is 0.146 e. The molecule has 1 heterocycles. The van der Waals surface area contributed by atoms with E-state index in [1.165, 1.54) is 0 Å². The number of nitrogens with zero attached hydrogens (tertiary/aromatic N) is 1. The molecule has 0 bridgehead atoms. The Balaban J connectivity index is 2.07. The molecule has 0 radical (unpaired) electrons. The molecular weight excluding hydrogens is 260 g/mol. The molecule has 1 aromatic heterocycles. The summed E-state index contributed by atoms with van der Waals surface area (Å²) in [7, 11) is 0. The van der Waals surface area contributed by atoms with Gasteiger partial charge in [0.2, 0.25) is 0 Å². The first-order valence-electron chi connectivity index (χ1n) is 6.00. The highest BCUT2D eigenvalue weighted by atomic mass is 19.1. The highest BCUT2D eigenvalue weighted by Gasteiger charge is 2.08. The SMILES string of the molecule is Nc1c(Nc2cc(F)ccc2F)ccc2ncccc12. The van der Waals surface area contributed by atoms with Gasteiger partial charge in [-0.1, -0.05) is 0 Å². The number of benzene rings is 2. The van der Waals surface area contributed by atoms with E-state index >= 15 is 0 Å². The molecule has 0 saturated heterocycles. The summed E-state index contributed by atoms with van der Waals surface area (Å²) < 4.78 is 26.8. The van der Waals surface area contributed by atoms with Gasteiger partial charge in [0.05, 0.1) is 22.6 Å². The Kier molecular flexibility index (Phi) is 2.95. The summed E-state index contributed by atoms with van der Waals surface area (Å²) in [6.07, 6.45) is 1.67. The summed E-state index contributed by atoms with van der Waals surface area (Å²) in [5, 5.41) is 3.56. The fourth-order valence-corrected chi connectivity index (χ4v) is 2.02. The Labute approximate surface area is 114 Å². The van der Waals surface area contributed by atoms with Gasteiger partial charge >= 0.3 is 0 Å². The molecule has 0 spiro atoms. The summed E-state index contributed by atoms with van der Waals surface area (Å²) in [4.78, 5) is 4.18. The maximum absolute atomic E-state index is 13.6. The zero-order valence-electron chi connectivity index (χ0n) is 10.4. The quantitative estimate of drug-likeness (QED) is 0.696. The Hall–Kier alpha value is -2.69. The molecular formula is C15H11F2N3. The van der Waals surface area contributed by atoms with Crippen LogP contribution in [-0.2, 0) is 0 Å². The van der Waals surface area contributed by atoms with E-state index in [4.69, 9.17) is 5.73 Å². The lowest BCUT2D eigenvalue weighted by molar-refractivity contribution is 0.603. The molecule has 3 N–H and O–H groups in total. The average molecular weight is 271 g/mol. The normalized spacial score (nSPS) is 10.7. The van der Waals surface area contributed by atoms with E-state index in [1.807, 2.05) is 6.07 Å². The van der Waals surface area contributed by atoms with E-state index in [0.717, 1.165) is 29.1 Å². The lowest BCUT2D eigenvalue weighted by atomic mass is 10.1. The molecule has 5 heteroatoms. The van der Waals surface area contributed by atoms with Crippen LogP contribution in [0, 0.1) is 11.6 Å². The van der Waals surface area contributed by atoms with Crippen molar-refractivity contribution in [1.82, 2.24) is 4.98 Å². The lowest BCUT2D eigenvalue weighted by Crippen LogP contribution is -1.99. The van der Waals surface area contributed by atoms with E-state index in [9.17, 15) is 8.78 Å². The number of pyridine rings is 1. The first-order valence-corrected chi connectivity index (χ1v) is 6.00. The molecule has 0 aliphatic heterocycles. The summed E-state index contributed by atoms with van der Waals surface area (Å²) in [5.41, 5.74) is 7.78. The average Bonchev–Trinajstić information content (AvgIpc) is 2.46. The van der Waals surface area contributed by atoms with Crippen LogP contribution in [0.1, 0.15) is 0 Å². The lowest BCUT2D eigenvalue weighted by Gasteiger charge is -2.12. The van der Waals surface area contributed by atoms with E-state index in [1.54, 1.807) is 24.4 Å². The molecule has 20 heavy (non-hydrogen) atoms. The van der Waals surface area contributed by atoms with Crippen LogP contribution in [0.5, 0.6) is 0 Å². The number of hydrogen-bond donors (Lipinski definition) is 2. The minimum absolute atomic E-state index is 0.0416. The zero-order valence-corrected chi connectivity index (χ0v) is 10.4. The summed E-state index contributed by atoms with van der Waals surface area (Å²) in [5.74, 6) is -1.06. The van der Waals surface area contributed by atoms with Crippen molar-refractivity contribution in [2.45, 2.75) is 0 Å². The van der Waals surface area contributed by atoms with Crippen LogP contribution in [0.3, 0.4) is 0 Å². The zero-order chi connectivity index (χ0) is 14.1. The number of halogens is 2. The Morgan fingerprint density at radius 1 is 1.00 bits per heavy atom. The fourth-order valence-electron chi connectivity index (χ4n) is 2.02. The van der Waals surface area contributed by atoms with Crippen molar-refractivity contribution in [2.24, 2.45) is 0 Å². The van der Waals surface area contributed by atoms with Gasteiger partial charge in [0, 0.05) is 17.6 Å². The largest absolute Gasteiger partial charge is 0.396 e. The van der Waals surface area contributed by atoms with Crippen molar-refractivity contribution >= 4 is 28.0 Å². The van der Waals surface area contributed by atoms with Gasteiger partial charge in [0.15, 0.2) is 0 Å². The monoisotopic (exact) mass is 271 g/mol. The number of nitrogens with one attached hydrogen (secondary N) is 1. The topological polar surface area (TPSA) is 50.9 Å². The van der Waals surface area contributed by atoms with Crippen LogP contribution in [0.15, 0.2) is 48.7 Å². The highest BCUT2D eigenvalue weighted by molar-refractivity contribution is 5.97. The molecule has 0 fully saturated rings. The third-order valence-electron chi connectivity index (χ3n) is 3.02. The first-order chi connectivity index (χ1) is 9.65. The summed E-state index contributed by atoms with van der Waals surface area (Å²) in [6, 6.07) is 10.3. The predicted molar refractivity (Wildman–Crippen MR) is 75.8 cm³/mol. The molecule has 3 nitrogen and oxygen atoms in total. The number of nitrogens with two attached hydrogens (primary N) is 1. The van der Waals surface area contributed by atoms with Crippen LogP contribution in [0.2, 0.25) is 0 Å². The minimum Gasteiger partial charge on any atom is -0.396 e. The first kappa shape index (κ1) is 12.3. The maximum atomic E-state index is 13.6. The van der Waals surface area contributed by atoms with Gasteiger partial charge in [0.25, 0.3) is 0 Å². The molecule has 0 aliphatic rings. The molecule has 0 unspecified atom stereocenters. The van der Waals surface area contributed by atoms with Crippen LogP contribution in [-0.4, -0.2) is 4.98 Å². The molecule has 100 valence electrons. The summed E-state index contributed by atoms with van der Waals surface area (Å²) >= 11 is 0. The van der Waals surface area contributed by atoms with Crippen molar-refractivity contribution in [3.8, 4) is 0 Å². The van der Waals surface area contributed by atoms with Crippen LogP contribution in [0.25, 0.3) is 10.9 Å². The van der Waals surface area contributed by atoms with Crippen LogP contribution >= 0.6 is 0 Å². The van der Waals surface area contributed by atoms with E-state index in [-0.39, 0.29) is 5.69 Å². The Bertz CT molecular complexity index is 787. The third-order valence-corrected chi connectivity index (χ3v) is 3.02. The number of rotatable bonds is 2. The number of aromatic nitrogens is 1. The minimum atomic E-state index is -0.544. The molecule has 3 aromatic rings. The number of hydrogen-bond acceptors (Lipinski definition) is 3. The van der Waals surface area contributed by atoms with E-state index < -0.39 is 11.6 Å². The van der Waals surface area contributed by atoms with Gasteiger partial charge in [-0.05, 0) is 36.4 Å². The standard InChI is InChI=1S/C15H11F2N3/c16-9-3-4-11(17)14(8-9)20-13-6-5-12-10(15(13)18)2-1-7-19-12/h1-8,20H,18H2.